The summed E-state index contributed by atoms with van der Waals surface area (Å²) in [6.45, 7) is 1.92. The molecule has 3 nitrogen and oxygen atoms in total. The zero-order chi connectivity index (χ0) is 12.4. The van der Waals surface area contributed by atoms with Crippen LogP contribution in [0.2, 0.25) is 0 Å². The van der Waals surface area contributed by atoms with Crippen molar-refractivity contribution in [2.45, 2.75) is 25.7 Å². The maximum Gasteiger partial charge on any atom is 0.309 e. The van der Waals surface area contributed by atoms with E-state index < -0.39 is 0 Å². The maximum absolute atomic E-state index is 11.7. The van der Waals surface area contributed by atoms with Crippen molar-refractivity contribution in [2.24, 2.45) is 11.8 Å². The molecule has 2 unspecified atom stereocenters. The van der Waals surface area contributed by atoms with Gasteiger partial charge in [-0.15, -0.1) is 0 Å². The van der Waals surface area contributed by atoms with E-state index in [9.17, 15) is 9.90 Å². The van der Waals surface area contributed by atoms with Gasteiger partial charge in [-0.2, -0.15) is 0 Å². The minimum absolute atomic E-state index is 0.128. The highest BCUT2D eigenvalue weighted by Crippen LogP contribution is 2.47. The molecule has 0 heterocycles. The lowest BCUT2D eigenvalue weighted by molar-refractivity contribution is -0.145. The Kier molecular flexibility index (Phi) is 3.36. The van der Waals surface area contributed by atoms with E-state index in [0.29, 0.717) is 5.92 Å². The Morgan fingerprint density at radius 3 is 2.41 bits per heavy atom. The largest absolute Gasteiger partial charge is 0.508 e. The summed E-state index contributed by atoms with van der Waals surface area (Å²) in [5.74, 6) is 0.762. The molecule has 0 aromatic heterocycles. The van der Waals surface area contributed by atoms with Crippen LogP contribution in [-0.2, 0) is 9.53 Å². The molecule has 92 valence electrons. The number of ether oxygens (including phenoxy) is 1. The Bertz CT molecular complexity index is 392. The van der Waals surface area contributed by atoms with Gasteiger partial charge in [0.2, 0.25) is 0 Å². The van der Waals surface area contributed by atoms with Crippen LogP contribution in [0.25, 0.3) is 0 Å². The summed E-state index contributed by atoms with van der Waals surface area (Å²) in [5.41, 5.74) is 1.11. The number of rotatable bonds is 4. The zero-order valence-corrected chi connectivity index (χ0v) is 10.2. The maximum atomic E-state index is 11.7. The van der Waals surface area contributed by atoms with Crippen molar-refractivity contribution >= 4 is 5.97 Å². The Morgan fingerprint density at radius 1 is 1.35 bits per heavy atom. The van der Waals surface area contributed by atoms with Crippen molar-refractivity contribution in [3.8, 4) is 5.75 Å². The van der Waals surface area contributed by atoms with Crippen LogP contribution in [0, 0.1) is 11.8 Å². The van der Waals surface area contributed by atoms with Crippen molar-refractivity contribution in [1.29, 1.82) is 0 Å². The molecule has 1 saturated carbocycles. The number of benzene rings is 1. The van der Waals surface area contributed by atoms with Crippen LogP contribution in [0.5, 0.6) is 5.75 Å². The normalized spacial score (nSPS) is 18.5. The number of methoxy groups -OCH3 is 1. The fourth-order valence-corrected chi connectivity index (χ4v) is 2.45. The molecule has 1 aliphatic rings. The van der Waals surface area contributed by atoms with Gasteiger partial charge in [0.1, 0.15) is 5.75 Å². The molecule has 0 aliphatic heterocycles. The second-order valence-electron chi connectivity index (χ2n) is 4.77. The van der Waals surface area contributed by atoms with Crippen molar-refractivity contribution in [2.75, 3.05) is 7.11 Å². The average Bonchev–Trinajstić information content (AvgIpc) is 3.15. The van der Waals surface area contributed by atoms with Crippen LogP contribution in [0.1, 0.15) is 31.2 Å². The first-order valence-corrected chi connectivity index (χ1v) is 6.00. The summed E-state index contributed by atoms with van der Waals surface area (Å²) in [6, 6.07) is 7.15. The van der Waals surface area contributed by atoms with Gasteiger partial charge in [0.15, 0.2) is 0 Å². The van der Waals surface area contributed by atoms with E-state index >= 15 is 0 Å². The lowest BCUT2D eigenvalue weighted by Crippen LogP contribution is -2.22. The van der Waals surface area contributed by atoms with Gasteiger partial charge in [-0.3, -0.25) is 4.79 Å². The third kappa shape index (κ3) is 2.60. The molecule has 0 radical (unpaired) electrons. The SMILES string of the molecule is COC(=O)C(C)C(c1ccc(O)cc1)C1CC1. The number of carbonyl (C=O) groups excluding carboxylic acids is 1. The van der Waals surface area contributed by atoms with Gasteiger partial charge in [0, 0.05) is 0 Å². The predicted octanol–water partition coefficient (Wildman–Crippen LogP) is 2.69. The van der Waals surface area contributed by atoms with E-state index in [1.165, 1.54) is 20.0 Å². The summed E-state index contributed by atoms with van der Waals surface area (Å²) in [6.07, 6.45) is 2.35. The van der Waals surface area contributed by atoms with Crippen LogP contribution in [0.3, 0.4) is 0 Å². The van der Waals surface area contributed by atoms with Crippen LogP contribution < -0.4 is 0 Å². The second-order valence-corrected chi connectivity index (χ2v) is 4.77. The van der Waals surface area contributed by atoms with Crippen molar-refractivity contribution in [3.63, 3.8) is 0 Å². The number of carbonyl (C=O) groups is 1. The fraction of sp³-hybridized carbons (Fsp3) is 0.500. The van der Waals surface area contributed by atoms with Crippen molar-refractivity contribution in [3.05, 3.63) is 29.8 Å². The number of esters is 1. The lowest BCUT2D eigenvalue weighted by atomic mass is 9.83. The molecule has 0 spiro atoms. The van der Waals surface area contributed by atoms with E-state index in [-0.39, 0.29) is 23.6 Å². The van der Waals surface area contributed by atoms with Gasteiger partial charge in [-0.05, 0) is 42.4 Å². The highest BCUT2D eigenvalue weighted by atomic mass is 16.5. The third-order valence-electron chi connectivity index (χ3n) is 3.52. The summed E-state index contributed by atoms with van der Waals surface area (Å²) >= 11 is 0. The average molecular weight is 234 g/mol. The molecule has 1 N–H and O–H groups in total. The topological polar surface area (TPSA) is 46.5 Å². The van der Waals surface area contributed by atoms with E-state index in [1.54, 1.807) is 12.1 Å². The first kappa shape index (κ1) is 12.0. The van der Waals surface area contributed by atoms with E-state index in [2.05, 4.69) is 0 Å². The van der Waals surface area contributed by atoms with Crippen LogP contribution in [0.15, 0.2) is 24.3 Å². The predicted molar refractivity (Wildman–Crippen MR) is 64.8 cm³/mol. The summed E-state index contributed by atoms with van der Waals surface area (Å²) in [5, 5.41) is 9.30. The molecule has 0 amide bonds. The highest BCUT2D eigenvalue weighted by Gasteiger charge is 2.38. The van der Waals surface area contributed by atoms with Crippen LogP contribution in [0.4, 0.5) is 0 Å². The van der Waals surface area contributed by atoms with Crippen molar-refractivity contribution in [1.82, 2.24) is 0 Å². The fourth-order valence-electron chi connectivity index (χ4n) is 2.45. The van der Waals surface area contributed by atoms with Gasteiger partial charge >= 0.3 is 5.97 Å². The minimum Gasteiger partial charge on any atom is -0.508 e. The standard InChI is InChI=1S/C14H18O3/c1-9(14(16)17-2)13(10-3-4-10)11-5-7-12(15)8-6-11/h5-10,13,15H,3-4H2,1-2H3. The molecule has 17 heavy (non-hydrogen) atoms. The first-order chi connectivity index (χ1) is 8.13. The Labute approximate surface area is 101 Å². The summed E-state index contributed by atoms with van der Waals surface area (Å²) in [7, 11) is 1.43. The summed E-state index contributed by atoms with van der Waals surface area (Å²) < 4.78 is 4.83. The number of phenols is 1. The highest BCUT2D eigenvalue weighted by molar-refractivity contribution is 5.73. The molecule has 1 aliphatic carbocycles. The molecule has 0 bridgehead atoms. The summed E-state index contributed by atoms with van der Waals surface area (Å²) in [4.78, 5) is 11.7. The Balaban J connectivity index is 2.22. The molecule has 0 saturated heterocycles. The molecular weight excluding hydrogens is 216 g/mol. The van der Waals surface area contributed by atoms with E-state index in [4.69, 9.17) is 4.74 Å². The minimum atomic E-state index is -0.157. The molecule has 3 heteroatoms. The smallest absolute Gasteiger partial charge is 0.309 e. The molecule has 1 fully saturated rings. The van der Waals surface area contributed by atoms with Gasteiger partial charge in [-0.1, -0.05) is 19.1 Å². The number of hydrogen-bond donors (Lipinski definition) is 1. The van der Waals surface area contributed by atoms with Gasteiger partial charge in [0.05, 0.1) is 13.0 Å². The molecule has 2 atom stereocenters. The zero-order valence-electron chi connectivity index (χ0n) is 10.2. The van der Waals surface area contributed by atoms with Crippen molar-refractivity contribution < 1.29 is 14.6 Å². The molecule has 2 rings (SSSR count). The molecule has 1 aromatic rings. The van der Waals surface area contributed by atoms with Gasteiger partial charge < -0.3 is 9.84 Å². The number of hydrogen-bond acceptors (Lipinski definition) is 3. The Morgan fingerprint density at radius 2 is 1.94 bits per heavy atom. The lowest BCUT2D eigenvalue weighted by Gasteiger charge is -2.22. The number of phenolic OH excluding ortho intramolecular Hbond substituents is 1. The molecule has 1 aromatic carbocycles. The quantitative estimate of drug-likeness (QED) is 0.815. The molecular formula is C14H18O3. The number of aromatic hydroxyl groups is 1. The Hall–Kier alpha value is -1.51. The van der Waals surface area contributed by atoms with Crippen LogP contribution >= 0.6 is 0 Å². The van der Waals surface area contributed by atoms with Gasteiger partial charge in [0.25, 0.3) is 0 Å². The van der Waals surface area contributed by atoms with Gasteiger partial charge in [-0.25, -0.2) is 0 Å². The van der Waals surface area contributed by atoms with E-state index in [1.807, 2.05) is 19.1 Å². The second kappa shape index (κ2) is 4.78. The first-order valence-electron chi connectivity index (χ1n) is 6.00. The monoisotopic (exact) mass is 234 g/mol. The third-order valence-corrected chi connectivity index (χ3v) is 3.52. The van der Waals surface area contributed by atoms with E-state index in [0.717, 1.165) is 5.56 Å². The van der Waals surface area contributed by atoms with Crippen LogP contribution in [-0.4, -0.2) is 18.2 Å².